The van der Waals surface area contributed by atoms with Crippen LogP contribution in [0.15, 0.2) is 48.5 Å². The van der Waals surface area contributed by atoms with Gasteiger partial charge in [-0.1, -0.05) is 42.5 Å². The largest absolute Gasteiger partial charge is 0.491 e. The third kappa shape index (κ3) is 3.79. The molecular weight excluding hydrogens is 348 g/mol. The molecule has 28 heavy (non-hydrogen) atoms. The highest BCUT2D eigenvalue weighted by molar-refractivity contribution is 5.80. The van der Waals surface area contributed by atoms with Gasteiger partial charge in [-0.3, -0.25) is 9.69 Å². The number of benzene rings is 2. The Kier molecular flexibility index (Phi) is 5.40. The van der Waals surface area contributed by atoms with Crippen molar-refractivity contribution in [1.82, 2.24) is 9.80 Å². The molecule has 2 fully saturated rings. The second-order valence-electron chi connectivity index (χ2n) is 8.32. The minimum atomic E-state index is 0.158. The smallest absolute Gasteiger partial charge is 0.224 e. The van der Waals surface area contributed by atoms with Gasteiger partial charge in [-0.2, -0.15) is 0 Å². The van der Waals surface area contributed by atoms with E-state index in [-0.39, 0.29) is 12.0 Å². The van der Waals surface area contributed by atoms with Crippen molar-refractivity contribution in [1.29, 1.82) is 0 Å². The van der Waals surface area contributed by atoms with Gasteiger partial charge < -0.3 is 9.64 Å². The average molecular weight is 379 g/mol. The molecule has 2 aliphatic heterocycles. The van der Waals surface area contributed by atoms with E-state index in [1.807, 2.05) is 12.1 Å². The lowest BCUT2D eigenvalue weighted by Crippen LogP contribution is -2.36. The summed E-state index contributed by atoms with van der Waals surface area (Å²) in [5.74, 6) is 1.25. The normalized spacial score (nSPS) is 22.1. The third-order valence-electron chi connectivity index (χ3n) is 6.04. The first-order chi connectivity index (χ1) is 13.5. The first-order valence-electron chi connectivity index (χ1n) is 10.4. The molecule has 4 rings (SSSR count). The molecule has 0 radical (unpaired) electrons. The van der Waals surface area contributed by atoms with E-state index in [0.29, 0.717) is 18.5 Å². The highest BCUT2D eigenvalue weighted by atomic mass is 16.5. The molecular formula is C24H30N2O2. The van der Waals surface area contributed by atoms with E-state index in [9.17, 15) is 4.79 Å². The Labute approximate surface area is 168 Å². The number of nitrogens with zero attached hydrogens (tertiary/aromatic N) is 2. The Bertz CT molecular complexity index is 848. The maximum absolute atomic E-state index is 12.8. The molecule has 0 N–H and O–H groups in total. The Morgan fingerprint density at radius 2 is 1.71 bits per heavy atom. The number of hydrogen-bond donors (Lipinski definition) is 0. The zero-order valence-electron chi connectivity index (χ0n) is 17.1. The maximum Gasteiger partial charge on any atom is 0.224 e. The van der Waals surface area contributed by atoms with Gasteiger partial charge in [0.2, 0.25) is 5.91 Å². The van der Waals surface area contributed by atoms with Gasteiger partial charge in [-0.15, -0.1) is 0 Å². The van der Waals surface area contributed by atoms with Gasteiger partial charge in [0.1, 0.15) is 5.75 Å². The van der Waals surface area contributed by atoms with Crippen molar-refractivity contribution in [2.75, 3.05) is 6.54 Å². The molecule has 2 saturated heterocycles. The van der Waals surface area contributed by atoms with Crippen LogP contribution >= 0.6 is 0 Å². The van der Waals surface area contributed by atoms with Gasteiger partial charge in [0.05, 0.1) is 6.10 Å². The summed E-state index contributed by atoms with van der Waals surface area (Å²) in [6, 6.07) is 17.3. The summed E-state index contributed by atoms with van der Waals surface area (Å²) in [5.41, 5.74) is 3.72. The van der Waals surface area contributed by atoms with Crippen molar-refractivity contribution < 1.29 is 9.53 Å². The van der Waals surface area contributed by atoms with Crippen molar-refractivity contribution in [3.8, 4) is 5.75 Å². The van der Waals surface area contributed by atoms with Crippen LogP contribution in [0, 0.1) is 6.92 Å². The minimum Gasteiger partial charge on any atom is -0.491 e. The molecule has 2 aromatic carbocycles. The number of ether oxygens (including phenoxy) is 1. The van der Waals surface area contributed by atoms with Crippen LogP contribution in [0.3, 0.4) is 0 Å². The fourth-order valence-electron chi connectivity index (χ4n) is 4.60. The third-order valence-corrected chi connectivity index (χ3v) is 6.04. The lowest BCUT2D eigenvalue weighted by molar-refractivity contribution is -0.129. The van der Waals surface area contributed by atoms with Crippen molar-refractivity contribution in [2.45, 2.75) is 64.9 Å². The molecule has 1 amide bonds. The number of carbonyl (C=O) groups excluding carboxylic acids is 1. The SMILES string of the molecule is Cc1ccccc1CN1C(=O)C[C@H]2[C@@H]1CCN2Cc1ccccc1OC(C)C. The van der Waals surface area contributed by atoms with Crippen molar-refractivity contribution in [3.63, 3.8) is 0 Å². The van der Waals surface area contributed by atoms with Gasteiger partial charge in [-0.25, -0.2) is 0 Å². The summed E-state index contributed by atoms with van der Waals surface area (Å²) in [7, 11) is 0. The van der Waals surface area contributed by atoms with Crippen molar-refractivity contribution in [3.05, 3.63) is 65.2 Å². The van der Waals surface area contributed by atoms with E-state index in [4.69, 9.17) is 4.74 Å². The van der Waals surface area contributed by atoms with E-state index >= 15 is 0 Å². The van der Waals surface area contributed by atoms with Crippen molar-refractivity contribution in [2.24, 2.45) is 0 Å². The number of carbonyl (C=O) groups is 1. The van der Waals surface area contributed by atoms with Gasteiger partial charge in [0.15, 0.2) is 0 Å². The fourth-order valence-corrected chi connectivity index (χ4v) is 4.60. The van der Waals surface area contributed by atoms with E-state index < -0.39 is 0 Å². The first-order valence-corrected chi connectivity index (χ1v) is 10.4. The summed E-state index contributed by atoms with van der Waals surface area (Å²) in [6.45, 7) is 8.84. The summed E-state index contributed by atoms with van der Waals surface area (Å²) >= 11 is 0. The topological polar surface area (TPSA) is 32.8 Å². The molecule has 0 unspecified atom stereocenters. The number of likely N-dealkylation sites (tertiary alicyclic amines) is 2. The number of aryl methyl sites for hydroxylation is 1. The van der Waals surface area contributed by atoms with Crippen LogP contribution < -0.4 is 4.74 Å². The highest BCUT2D eigenvalue weighted by Gasteiger charge is 2.46. The van der Waals surface area contributed by atoms with E-state index in [0.717, 1.165) is 31.8 Å². The minimum absolute atomic E-state index is 0.158. The maximum atomic E-state index is 12.8. The highest BCUT2D eigenvalue weighted by Crippen LogP contribution is 2.35. The summed E-state index contributed by atoms with van der Waals surface area (Å²) in [5, 5.41) is 0. The number of hydrogen-bond acceptors (Lipinski definition) is 3. The number of para-hydroxylation sites is 1. The Balaban J connectivity index is 1.48. The second-order valence-corrected chi connectivity index (χ2v) is 8.32. The molecule has 2 atom stereocenters. The van der Waals surface area contributed by atoms with Gasteiger partial charge >= 0.3 is 0 Å². The molecule has 148 valence electrons. The van der Waals surface area contributed by atoms with Gasteiger partial charge in [-0.05, 0) is 44.4 Å². The summed E-state index contributed by atoms with van der Waals surface area (Å²) in [4.78, 5) is 17.4. The first kappa shape index (κ1) is 19.0. The van der Waals surface area contributed by atoms with E-state index in [1.54, 1.807) is 0 Å². The number of fused-ring (bicyclic) bond motifs is 1. The summed E-state index contributed by atoms with van der Waals surface area (Å²) < 4.78 is 6.00. The lowest BCUT2D eigenvalue weighted by atomic mass is 10.1. The molecule has 2 heterocycles. The quantitative estimate of drug-likeness (QED) is 0.757. The molecule has 0 spiro atoms. The van der Waals surface area contributed by atoms with E-state index in [1.165, 1.54) is 16.7 Å². The van der Waals surface area contributed by atoms with Crippen LogP contribution in [0.4, 0.5) is 0 Å². The van der Waals surface area contributed by atoms with Crippen LogP contribution in [-0.2, 0) is 17.9 Å². The Morgan fingerprint density at radius 1 is 1.00 bits per heavy atom. The molecule has 2 aliphatic rings. The standard InChI is InChI=1S/C24H30N2O2/c1-17(2)28-23-11-7-6-10-20(23)15-25-13-12-21-22(25)14-24(27)26(21)16-19-9-5-4-8-18(19)3/h4-11,17,21-22H,12-16H2,1-3H3/t21-,22-/m0/s1. The van der Waals surface area contributed by atoms with Crippen LogP contribution in [0.5, 0.6) is 5.75 Å². The summed E-state index contributed by atoms with van der Waals surface area (Å²) in [6.07, 6.45) is 1.84. The van der Waals surface area contributed by atoms with Gasteiger partial charge in [0.25, 0.3) is 0 Å². The van der Waals surface area contributed by atoms with Crippen LogP contribution in [0.25, 0.3) is 0 Å². The molecule has 4 heteroatoms. The van der Waals surface area contributed by atoms with E-state index in [2.05, 4.69) is 67.0 Å². The van der Waals surface area contributed by atoms with Gasteiger partial charge in [0, 0.05) is 43.7 Å². The zero-order chi connectivity index (χ0) is 19.7. The predicted molar refractivity (Wildman–Crippen MR) is 111 cm³/mol. The molecule has 0 aromatic heterocycles. The molecule has 2 aromatic rings. The van der Waals surface area contributed by atoms with Crippen LogP contribution in [0.2, 0.25) is 0 Å². The average Bonchev–Trinajstić information content (AvgIpc) is 3.18. The Morgan fingerprint density at radius 3 is 2.46 bits per heavy atom. The zero-order valence-corrected chi connectivity index (χ0v) is 17.1. The molecule has 0 aliphatic carbocycles. The monoisotopic (exact) mass is 378 g/mol. The number of amides is 1. The van der Waals surface area contributed by atoms with Crippen molar-refractivity contribution >= 4 is 5.91 Å². The molecule has 0 bridgehead atoms. The second kappa shape index (κ2) is 7.96. The lowest BCUT2D eigenvalue weighted by Gasteiger charge is -2.26. The van der Waals surface area contributed by atoms with Crippen LogP contribution in [-0.4, -0.2) is 40.4 Å². The molecule has 0 saturated carbocycles. The number of rotatable bonds is 6. The Hall–Kier alpha value is -2.33. The molecule has 4 nitrogen and oxygen atoms in total. The predicted octanol–water partition coefficient (Wildman–Crippen LogP) is 4.16. The fraction of sp³-hybridized carbons (Fsp3) is 0.458. The van der Waals surface area contributed by atoms with Crippen LogP contribution in [0.1, 0.15) is 43.4 Å².